The van der Waals surface area contributed by atoms with E-state index >= 15 is 0 Å². The van der Waals surface area contributed by atoms with Crippen molar-refractivity contribution in [1.82, 2.24) is 4.57 Å². The molecule has 0 radical (unpaired) electrons. The van der Waals surface area contributed by atoms with E-state index < -0.39 is 0 Å². The van der Waals surface area contributed by atoms with Crippen LogP contribution in [0.3, 0.4) is 0 Å². The third kappa shape index (κ3) is 3.81. The Balaban J connectivity index is 1.27. The van der Waals surface area contributed by atoms with Crippen molar-refractivity contribution >= 4 is 65.7 Å². The van der Waals surface area contributed by atoms with Crippen LogP contribution in [0.2, 0.25) is 0 Å². The molecule has 0 spiro atoms. The predicted molar refractivity (Wildman–Crippen MR) is 191 cm³/mol. The third-order valence-corrected chi connectivity index (χ3v) is 9.39. The first-order valence-electron chi connectivity index (χ1n) is 15.6. The molecule has 0 saturated carbocycles. The van der Waals surface area contributed by atoms with Gasteiger partial charge in [0.1, 0.15) is 22.3 Å². The minimum Gasteiger partial charge on any atom is -0.456 e. The number of aromatic nitrogens is 1. The Morgan fingerprint density at radius 3 is 1.91 bits per heavy atom. The highest BCUT2D eigenvalue weighted by molar-refractivity contribution is 6.23. The van der Waals surface area contributed by atoms with Crippen LogP contribution >= 0.6 is 0 Å². The summed E-state index contributed by atoms with van der Waals surface area (Å²) in [7, 11) is 0. The highest BCUT2D eigenvalue weighted by Crippen LogP contribution is 2.42. The zero-order valence-corrected chi connectivity index (χ0v) is 25.1. The molecule has 7 aromatic carbocycles. The van der Waals surface area contributed by atoms with Crippen molar-refractivity contribution in [1.29, 1.82) is 5.26 Å². The molecule has 4 nitrogen and oxygen atoms in total. The van der Waals surface area contributed by atoms with Gasteiger partial charge in [0.2, 0.25) is 0 Å². The van der Waals surface area contributed by atoms with Crippen LogP contribution in [0.15, 0.2) is 154 Å². The molecule has 0 bridgehead atoms. The van der Waals surface area contributed by atoms with Gasteiger partial charge in [-0.25, -0.2) is 0 Å². The molecule has 0 N–H and O–H groups in total. The van der Waals surface area contributed by atoms with Crippen LogP contribution in [-0.2, 0) is 0 Å². The van der Waals surface area contributed by atoms with E-state index in [0.29, 0.717) is 5.56 Å². The summed E-state index contributed by atoms with van der Waals surface area (Å²) in [4.78, 5) is 0. The van der Waals surface area contributed by atoms with E-state index in [1.165, 1.54) is 0 Å². The fraction of sp³-hybridized carbons (Fsp3) is 0. The maximum atomic E-state index is 9.71. The lowest BCUT2D eigenvalue weighted by atomic mass is 9.96. The molecule has 0 aliphatic rings. The second kappa shape index (κ2) is 9.71. The zero-order valence-electron chi connectivity index (χ0n) is 25.1. The van der Waals surface area contributed by atoms with Crippen molar-refractivity contribution < 1.29 is 8.83 Å². The Kier molecular flexibility index (Phi) is 5.32. The van der Waals surface area contributed by atoms with Crippen LogP contribution < -0.4 is 0 Å². The number of benzene rings is 7. The van der Waals surface area contributed by atoms with Crippen LogP contribution in [0.5, 0.6) is 0 Å². The summed E-state index contributed by atoms with van der Waals surface area (Å²) in [6, 6.07) is 52.5. The summed E-state index contributed by atoms with van der Waals surface area (Å²) in [5.41, 5.74) is 11.4. The molecule has 0 unspecified atom stereocenters. The molecule has 3 aromatic heterocycles. The molecule has 0 saturated heterocycles. The van der Waals surface area contributed by atoms with E-state index in [1.54, 1.807) is 0 Å². The van der Waals surface area contributed by atoms with Gasteiger partial charge in [0.25, 0.3) is 0 Å². The van der Waals surface area contributed by atoms with E-state index in [4.69, 9.17) is 8.83 Å². The minimum absolute atomic E-state index is 0.627. The van der Waals surface area contributed by atoms with Crippen LogP contribution in [0.25, 0.3) is 93.6 Å². The lowest BCUT2D eigenvalue weighted by Crippen LogP contribution is -1.96. The summed E-state index contributed by atoms with van der Waals surface area (Å²) in [5.74, 6) is 0. The molecule has 47 heavy (non-hydrogen) atoms. The molecule has 10 aromatic rings. The van der Waals surface area contributed by atoms with E-state index in [2.05, 4.69) is 108 Å². The maximum Gasteiger partial charge on any atom is 0.145 e. The standard InChI is InChI=1S/C43H24N2O2/c44-25-26-8-7-9-27(20-26)29-21-30(28-16-17-34-32-10-2-5-14-39(32)46-41(34)24-28)23-31(22-29)45-37-13-4-1-12-36(37)42-38(45)19-18-35-33-11-3-6-15-40(33)47-43(35)42/h1-24H. The number of furan rings is 2. The fourth-order valence-electron chi connectivity index (χ4n) is 7.26. The molecule has 0 amide bonds. The molecule has 10 rings (SSSR count). The Bertz CT molecular complexity index is 2930. The van der Waals surface area contributed by atoms with Gasteiger partial charge >= 0.3 is 0 Å². The van der Waals surface area contributed by atoms with Crippen LogP contribution in [0.4, 0.5) is 0 Å². The average molecular weight is 601 g/mol. The van der Waals surface area contributed by atoms with Gasteiger partial charge in [-0.05, 0) is 95.1 Å². The largest absolute Gasteiger partial charge is 0.456 e. The van der Waals surface area contributed by atoms with Crippen molar-refractivity contribution in [2.45, 2.75) is 0 Å². The van der Waals surface area contributed by atoms with Crippen molar-refractivity contribution in [3.8, 4) is 34.0 Å². The highest BCUT2D eigenvalue weighted by atomic mass is 16.3. The molecule has 0 aliphatic heterocycles. The Labute approximate surface area is 268 Å². The average Bonchev–Trinajstić information content (AvgIpc) is 3.80. The van der Waals surface area contributed by atoms with Crippen LogP contribution in [0, 0.1) is 11.3 Å². The topological polar surface area (TPSA) is 55.0 Å². The van der Waals surface area contributed by atoms with Crippen molar-refractivity contribution in [3.63, 3.8) is 0 Å². The normalized spacial score (nSPS) is 11.8. The molecular formula is C43H24N2O2. The van der Waals surface area contributed by atoms with Gasteiger partial charge in [0, 0.05) is 32.6 Å². The number of hydrogen-bond donors (Lipinski definition) is 0. The number of nitriles is 1. The Hall–Kier alpha value is -6.57. The van der Waals surface area contributed by atoms with Crippen LogP contribution in [0.1, 0.15) is 5.56 Å². The van der Waals surface area contributed by atoms with Crippen molar-refractivity contribution in [2.75, 3.05) is 0 Å². The first-order chi connectivity index (χ1) is 23.2. The van der Waals surface area contributed by atoms with Gasteiger partial charge in [0.05, 0.1) is 28.1 Å². The number of para-hydroxylation sites is 3. The summed E-state index contributed by atoms with van der Waals surface area (Å²) in [5, 5.41) is 16.4. The Morgan fingerprint density at radius 2 is 1.11 bits per heavy atom. The van der Waals surface area contributed by atoms with Gasteiger partial charge in [-0.3, -0.25) is 0 Å². The van der Waals surface area contributed by atoms with E-state index in [1.807, 2.05) is 48.5 Å². The van der Waals surface area contributed by atoms with Crippen molar-refractivity contribution in [3.05, 3.63) is 151 Å². The molecule has 0 aliphatic carbocycles. The summed E-state index contributed by atoms with van der Waals surface area (Å²) in [6.45, 7) is 0. The second-order valence-electron chi connectivity index (χ2n) is 12.1. The lowest BCUT2D eigenvalue weighted by molar-refractivity contribution is 0.669. The van der Waals surface area contributed by atoms with Gasteiger partial charge in [-0.15, -0.1) is 0 Å². The smallest absolute Gasteiger partial charge is 0.145 e. The van der Waals surface area contributed by atoms with E-state index in [9.17, 15) is 5.26 Å². The third-order valence-electron chi connectivity index (χ3n) is 9.39. The minimum atomic E-state index is 0.627. The molecular weight excluding hydrogens is 576 g/mol. The predicted octanol–water partition coefficient (Wildman–Crippen LogP) is 11.8. The summed E-state index contributed by atoms with van der Waals surface area (Å²) < 4.78 is 15.2. The lowest BCUT2D eigenvalue weighted by Gasteiger charge is -2.14. The first kappa shape index (κ1) is 25.7. The quantitative estimate of drug-likeness (QED) is 0.203. The molecule has 0 atom stereocenters. The maximum absolute atomic E-state index is 9.71. The first-order valence-corrected chi connectivity index (χ1v) is 15.6. The number of fused-ring (bicyclic) bond motifs is 10. The van der Waals surface area contributed by atoms with Gasteiger partial charge in [-0.1, -0.05) is 72.8 Å². The van der Waals surface area contributed by atoms with Gasteiger partial charge < -0.3 is 13.4 Å². The molecule has 3 heterocycles. The van der Waals surface area contributed by atoms with Crippen molar-refractivity contribution in [2.24, 2.45) is 0 Å². The number of rotatable bonds is 3. The highest BCUT2D eigenvalue weighted by Gasteiger charge is 2.20. The molecule has 218 valence electrons. The fourth-order valence-corrected chi connectivity index (χ4v) is 7.26. The van der Waals surface area contributed by atoms with E-state index in [0.717, 1.165) is 93.6 Å². The van der Waals surface area contributed by atoms with Gasteiger partial charge in [0.15, 0.2) is 0 Å². The number of nitrogens with zero attached hydrogens (tertiary/aromatic N) is 2. The second-order valence-corrected chi connectivity index (χ2v) is 12.1. The monoisotopic (exact) mass is 600 g/mol. The zero-order chi connectivity index (χ0) is 31.1. The molecule has 4 heteroatoms. The molecule has 0 fully saturated rings. The Morgan fingerprint density at radius 1 is 0.447 bits per heavy atom. The van der Waals surface area contributed by atoms with Gasteiger partial charge in [-0.2, -0.15) is 5.26 Å². The summed E-state index contributed by atoms with van der Waals surface area (Å²) >= 11 is 0. The number of hydrogen-bond acceptors (Lipinski definition) is 3. The van der Waals surface area contributed by atoms with Crippen LogP contribution in [-0.4, -0.2) is 4.57 Å². The SMILES string of the molecule is N#Cc1cccc(-c2cc(-c3ccc4c(c3)oc3ccccc34)cc(-n3c4ccccc4c4c5oc6ccccc6c5ccc43)c2)c1. The summed E-state index contributed by atoms with van der Waals surface area (Å²) in [6.07, 6.45) is 0. The van der Waals surface area contributed by atoms with E-state index in [-0.39, 0.29) is 0 Å².